The summed E-state index contributed by atoms with van der Waals surface area (Å²) in [6.45, 7) is 1.70. The van der Waals surface area contributed by atoms with Crippen molar-refractivity contribution in [2.75, 3.05) is 11.1 Å². The second-order valence-electron chi connectivity index (χ2n) is 4.75. The molecule has 0 unspecified atom stereocenters. The number of rotatable bonds is 4. The average molecular weight is 402 g/mol. The highest BCUT2D eigenvalue weighted by Crippen LogP contribution is 2.28. The molecule has 0 aliphatic carbocycles. The van der Waals surface area contributed by atoms with Crippen molar-refractivity contribution in [1.29, 1.82) is 10.5 Å². The lowest BCUT2D eigenvalue weighted by Crippen LogP contribution is -2.22. The van der Waals surface area contributed by atoms with Crippen LogP contribution in [0, 0.1) is 22.7 Å². The van der Waals surface area contributed by atoms with E-state index < -0.39 is 5.25 Å². The molecule has 0 bridgehead atoms. The van der Waals surface area contributed by atoms with Crippen LogP contribution in [0.1, 0.15) is 18.1 Å². The van der Waals surface area contributed by atoms with Crippen LogP contribution >= 0.6 is 27.7 Å². The zero-order valence-electron chi connectivity index (χ0n) is 12.6. The fourth-order valence-electron chi connectivity index (χ4n) is 1.77. The number of nitrogen functional groups attached to an aromatic ring is 1. The zero-order valence-corrected chi connectivity index (χ0v) is 15.0. The molecule has 0 fully saturated rings. The van der Waals surface area contributed by atoms with Crippen LogP contribution in [0.3, 0.4) is 0 Å². The SMILES string of the molecule is C[C@H](Sc1nc(N)c(C#N)cc1C#N)C(=O)Nc1ccc(Br)cc1. The summed E-state index contributed by atoms with van der Waals surface area (Å²) in [7, 11) is 0. The number of carbonyl (C=O) groups is 1. The topological polar surface area (TPSA) is 116 Å². The molecule has 1 atom stereocenters. The van der Waals surface area contributed by atoms with Crippen LogP contribution in [-0.4, -0.2) is 16.1 Å². The third-order valence-corrected chi connectivity index (χ3v) is 4.66. The van der Waals surface area contributed by atoms with Crippen molar-refractivity contribution in [3.63, 3.8) is 0 Å². The highest BCUT2D eigenvalue weighted by atomic mass is 79.9. The van der Waals surface area contributed by atoms with Gasteiger partial charge in [-0.2, -0.15) is 10.5 Å². The molecule has 2 rings (SSSR count). The zero-order chi connectivity index (χ0) is 17.7. The van der Waals surface area contributed by atoms with Crippen molar-refractivity contribution in [2.45, 2.75) is 17.2 Å². The lowest BCUT2D eigenvalue weighted by atomic mass is 10.2. The predicted octanol–water partition coefficient (Wildman–Crippen LogP) is 3.29. The first-order valence-electron chi connectivity index (χ1n) is 6.78. The van der Waals surface area contributed by atoms with Crippen LogP contribution in [0.2, 0.25) is 0 Å². The maximum atomic E-state index is 12.3. The Balaban J connectivity index is 2.14. The largest absolute Gasteiger partial charge is 0.383 e. The van der Waals surface area contributed by atoms with Gasteiger partial charge in [-0.3, -0.25) is 4.79 Å². The number of pyridine rings is 1. The molecule has 1 amide bonds. The van der Waals surface area contributed by atoms with Crippen molar-refractivity contribution in [1.82, 2.24) is 4.98 Å². The van der Waals surface area contributed by atoms with Crippen LogP contribution < -0.4 is 11.1 Å². The molecule has 8 heteroatoms. The van der Waals surface area contributed by atoms with Crippen molar-refractivity contribution in [3.8, 4) is 12.1 Å². The van der Waals surface area contributed by atoms with Gasteiger partial charge >= 0.3 is 0 Å². The number of nitrogens with zero attached hydrogens (tertiary/aromatic N) is 3. The number of nitriles is 2. The lowest BCUT2D eigenvalue weighted by Gasteiger charge is -2.13. The van der Waals surface area contributed by atoms with Gasteiger partial charge in [0, 0.05) is 10.2 Å². The number of hydrogen-bond donors (Lipinski definition) is 2. The number of benzene rings is 1. The van der Waals surface area contributed by atoms with Crippen LogP contribution in [0.4, 0.5) is 11.5 Å². The molecule has 1 aromatic heterocycles. The minimum absolute atomic E-state index is 0.0412. The minimum Gasteiger partial charge on any atom is -0.383 e. The van der Waals surface area contributed by atoms with Crippen molar-refractivity contribution in [2.24, 2.45) is 0 Å². The van der Waals surface area contributed by atoms with Crippen molar-refractivity contribution < 1.29 is 4.79 Å². The van der Waals surface area contributed by atoms with E-state index in [1.54, 1.807) is 19.1 Å². The Hall–Kier alpha value is -2.55. The first-order chi connectivity index (χ1) is 11.4. The molecule has 1 heterocycles. The molecule has 3 N–H and O–H groups in total. The van der Waals surface area contributed by atoms with Gasteiger partial charge in [-0.1, -0.05) is 27.7 Å². The van der Waals surface area contributed by atoms with E-state index in [9.17, 15) is 10.1 Å². The van der Waals surface area contributed by atoms with Gasteiger partial charge in [0.1, 0.15) is 23.0 Å². The van der Waals surface area contributed by atoms with E-state index in [-0.39, 0.29) is 22.9 Å². The molecule has 120 valence electrons. The average Bonchev–Trinajstić information content (AvgIpc) is 2.57. The number of aromatic nitrogens is 1. The van der Waals surface area contributed by atoms with Crippen LogP contribution in [-0.2, 0) is 4.79 Å². The maximum absolute atomic E-state index is 12.3. The fourth-order valence-corrected chi connectivity index (χ4v) is 2.92. The highest BCUT2D eigenvalue weighted by Gasteiger charge is 2.19. The Labute approximate surface area is 151 Å². The summed E-state index contributed by atoms with van der Waals surface area (Å²) in [6, 6.07) is 12.4. The summed E-state index contributed by atoms with van der Waals surface area (Å²) in [5.41, 5.74) is 6.71. The molecule has 0 saturated carbocycles. The Bertz CT molecular complexity index is 854. The van der Waals surface area contributed by atoms with E-state index in [0.29, 0.717) is 10.7 Å². The number of nitrogens with one attached hydrogen (secondary N) is 1. The van der Waals surface area contributed by atoms with Gasteiger partial charge in [0.2, 0.25) is 5.91 Å². The van der Waals surface area contributed by atoms with Crippen LogP contribution in [0.5, 0.6) is 0 Å². The van der Waals surface area contributed by atoms with Gasteiger partial charge in [-0.15, -0.1) is 0 Å². The summed E-state index contributed by atoms with van der Waals surface area (Å²) < 4.78 is 0.916. The van der Waals surface area contributed by atoms with Gasteiger partial charge in [0.05, 0.1) is 16.4 Å². The molecule has 1 aromatic carbocycles. The van der Waals surface area contributed by atoms with E-state index in [1.807, 2.05) is 24.3 Å². The molecule has 0 aliphatic heterocycles. The molecule has 0 radical (unpaired) electrons. The van der Waals surface area contributed by atoms with E-state index >= 15 is 0 Å². The first kappa shape index (κ1) is 17.8. The molecular formula is C16H12BrN5OS. The van der Waals surface area contributed by atoms with Gasteiger partial charge in [-0.25, -0.2) is 4.98 Å². The number of thioether (sulfide) groups is 1. The minimum atomic E-state index is -0.499. The lowest BCUT2D eigenvalue weighted by molar-refractivity contribution is -0.115. The smallest absolute Gasteiger partial charge is 0.237 e. The normalized spacial score (nSPS) is 11.2. The predicted molar refractivity (Wildman–Crippen MR) is 96.2 cm³/mol. The second-order valence-corrected chi connectivity index (χ2v) is 7.00. The van der Waals surface area contributed by atoms with E-state index in [4.69, 9.17) is 11.0 Å². The van der Waals surface area contributed by atoms with Gasteiger partial charge in [0.15, 0.2) is 0 Å². The number of nitrogens with two attached hydrogens (primary N) is 1. The third kappa shape index (κ3) is 4.25. The molecule has 24 heavy (non-hydrogen) atoms. The Morgan fingerprint density at radius 3 is 2.50 bits per heavy atom. The number of anilines is 2. The first-order valence-corrected chi connectivity index (χ1v) is 8.45. The molecular weight excluding hydrogens is 390 g/mol. The van der Waals surface area contributed by atoms with Crippen LogP contribution in [0.25, 0.3) is 0 Å². The monoisotopic (exact) mass is 401 g/mol. The second kappa shape index (κ2) is 7.82. The molecule has 0 spiro atoms. The molecule has 0 saturated heterocycles. The van der Waals surface area contributed by atoms with Gasteiger partial charge in [0.25, 0.3) is 0 Å². The summed E-state index contributed by atoms with van der Waals surface area (Å²) in [5.74, 6) is -0.185. The number of carbonyl (C=O) groups excluding carboxylic acids is 1. The highest BCUT2D eigenvalue weighted by molar-refractivity contribution is 9.10. The summed E-state index contributed by atoms with van der Waals surface area (Å²) in [4.78, 5) is 16.3. The number of halogens is 1. The number of amides is 1. The standard InChI is InChI=1S/C16H12BrN5OS/c1-9(15(23)21-13-4-2-12(17)3-5-13)24-16-11(8-19)6-10(7-18)14(20)22-16/h2-6,9H,1H3,(H2,20,22)(H,21,23)/t9-/m0/s1. The number of hydrogen-bond acceptors (Lipinski definition) is 6. The van der Waals surface area contributed by atoms with E-state index in [0.717, 1.165) is 16.2 Å². The summed E-state index contributed by atoms with van der Waals surface area (Å²) >= 11 is 4.44. The van der Waals surface area contributed by atoms with E-state index in [1.165, 1.54) is 6.07 Å². The van der Waals surface area contributed by atoms with Crippen molar-refractivity contribution >= 4 is 45.1 Å². The molecule has 2 aromatic rings. The van der Waals surface area contributed by atoms with Gasteiger partial charge < -0.3 is 11.1 Å². The van der Waals surface area contributed by atoms with Crippen molar-refractivity contribution in [3.05, 3.63) is 45.9 Å². The maximum Gasteiger partial charge on any atom is 0.237 e. The van der Waals surface area contributed by atoms with Crippen LogP contribution in [0.15, 0.2) is 39.8 Å². The molecule has 6 nitrogen and oxygen atoms in total. The Morgan fingerprint density at radius 1 is 1.29 bits per heavy atom. The van der Waals surface area contributed by atoms with E-state index in [2.05, 4.69) is 26.2 Å². The quantitative estimate of drug-likeness (QED) is 0.759. The summed E-state index contributed by atoms with van der Waals surface area (Å²) in [6.07, 6.45) is 0. The Kier molecular flexibility index (Phi) is 5.80. The summed E-state index contributed by atoms with van der Waals surface area (Å²) in [5, 5.41) is 20.7. The third-order valence-electron chi connectivity index (χ3n) is 3.03. The molecule has 0 aliphatic rings. The fraction of sp³-hybridized carbons (Fsp3) is 0.125. The Morgan fingerprint density at radius 2 is 1.92 bits per heavy atom. The van der Waals surface area contributed by atoms with Gasteiger partial charge in [-0.05, 0) is 37.3 Å².